The lowest BCUT2D eigenvalue weighted by atomic mass is 10.2. The number of rotatable bonds is 5. The highest BCUT2D eigenvalue weighted by Crippen LogP contribution is 2.15. The van der Waals surface area contributed by atoms with Gasteiger partial charge in [-0.1, -0.05) is 24.3 Å². The van der Waals surface area contributed by atoms with E-state index in [1.54, 1.807) is 0 Å². The van der Waals surface area contributed by atoms with Crippen molar-refractivity contribution in [2.75, 3.05) is 12.3 Å². The molecule has 0 saturated heterocycles. The van der Waals surface area contributed by atoms with Crippen LogP contribution < -0.4 is 10.5 Å². The zero-order valence-electron chi connectivity index (χ0n) is 11.2. The molecule has 4 heteroatoms. The summed E-state index contributed by atoms with van der Waals surface area (Å²) in [5.74, 6) is 0.815. The number of hydrogen-bond donors (Lipinski definition) is 1. The van der Waals surface area contributed by atoms with Gasteiger partial charge in [0.15, 0.2) is 0 Å². The van der Waals surface area contributed by atoms with Gasteiger partial charge in [0, 0.05) is 30.1 Å². The molecule has 3 aromatic rings. The molecule has 20 heavy (non-hydrogen) atoms. The SMILES string of the molecule is Nc1cccc(OCCCn2ncc3ccccc32)c1. The number of para-hydroxylation sites is 1. The Bertz CT molecular complexity index is 706. The number of aryl methyl sites for hydroxylation is 1. The number of benzene rings is 2. The molecule has 0 aliphatic heterocycles. The van der Waals surface area contributed by atoms with Crippen molar-refractivity contribution in [1.29, 1.82) is 0 Å². The van der Waals surface area contributed by atoms with E-state index in [4.69, 9.17) is 10.5 Å². The molecular formula is C16H17N3O. The summed E-state index contributed by atoms with van der Waals surface area (Å²) in [5.41, 5.74) is 7.59. The van der Waals surface area contributed by atoms with Crippen molar-refractivity contribution in [2.45, 2.75) is 13.0 Å². The number of hydrogen-bond acceptors (Lipinski definition) is 3. The Balaban J connectivity index is 1.55. The predicted molar refractivity (Wildman–Crippen MR) is 80.7 cm³/mol. The van der Waals surface area contributed by atoms with Crippen molar-refractivity contribution in [3.05, 3.63) is 54.7 Å². The zero-order valence-corrected chi connectivity index (χ0v) is 11.2. The fourth-order valence-corrected chi connectivity index (χ4v) is 2.21. The first-order valence-electron chi connectivity index (χ1n) is 6.72. The molecule has 0 unspecified atom stereocenters. The Hall–Kier alpha value is -2.49. The largest absolute Gasteiger partial charge is 0.493 e. The van der Waals surface area contributed by atoms with Crippen LogP contribution in [0.4, 0.5) is 5.69 Å². The molecule has 1 aromatic heterocycles. The number of nitrogen functional groups attached to an aromatic ring is 1. The van der Waals surface area contributed by atoms with Crippen molar-refractivity contribution in [2.24, 2.45) is 0 Å². The first kappa shape index (κ1) is 12.5. The summed E-state index contributed by atoms with van der Waals surface area (Å²) in [6, 6.07) is 15.7. The highest BCUT2D eigenvalue weighted by atomic mass is 16.5. The smallest absolute Gasteiger partial charge is 0.121 e. The average Bonchev–Trinajstić information content (AvgIpc) is 2.87. The van der Waals surface area contributed by atoms with Crippen molar-refractivity contribution in [3.63, 3.8) is 0 Å². The molecule has 0 spiro atoms. The summed E-state index contributed by atoms with van der Waals surface area (Å²) < 4.78 is 7.69. The molecule has 0 bridgehead atoms. The maximum Gasteiger partial charge on any atom is 0.121 e. The van der Waals surface area contributed by atoms with Gasteiger partial charge in [0.05, 0.1) is 18.3 Å². The van der Waals surface area contributed by atoms with Gasteiger partial charge in [-0.3, -0.25) is 4.68 Å². The van der Waals surface area contributed by atoms with Crippen LogP contribution in [0.1, 0.15) is 6.42 Å². The fourth-order valence-electron chi connectivity index (χ4n) is 2.21. The summed E-state index contributed by atoms with van der Waals surface area (Å²) in [4.78, 5) is 0. The molecule has 2 N–H and O–H groups in total. The number of aromatic nitrogens is 2. The molecule has 0 fully saturated rings. The number of ether oxygens (including phenoxy) is 1. The van der Waals surface area contributed by atoms with Crippen molar-refractivity contribution in [1.82, 2.24) is 9.78 Å². The van der Waals surface area contributed by atoms with Crippen LogP contribution >= 0.6 is 0 Å². The number of fused-ring (bicyclic) bond motifs is 1. The molecule has 3 rings (SSSR count). The van der Waals surface area contributed by atoms with Gasteiger partial charge in [0.2, 0.25) is 0 Å². The van der Waals surface area contributed by atoms with E-state index in [1.807, 2.05) is 47.3 Å². The normalized spacial score (nSPS) is 10.8. The lowest BCUT2D eigenvalue weighted by Gasteiger charge is -2.07. The van der Waals surface area contributed by atoms with E-state index in [1.165, 1.54) is 5.39 Å². The second kappa shape index (κ2) is 5.65. The average molecular weight is 267 g/mol. The second-order valence-electron chi connectivity index (χ2n) is 4.70. The van der Waals surface area contributed by atoms with E-state index in [-0.39, 0.29) is 0 Å². The Morgan fingerprint density at radius 1 is 1.10 bits per heavy atom. The lowest BCUT2D eigenvalue weighted by molar-refractivity contribution is 0.300. The molecule has 0 amide bonds. The molecule has 0 atom stereocenters. The minimum absolute atomic E-state index is 0.650. The zero-order chi connectivity index (χ0) is 13.8. The summed E-state index contributed by atoms with van der Waals surface area (Å²) in [6.07, 6.45) is 2.80. The van der Waals surface area contributed by atoms with Gasteiger partial charge in [0.1, 0.15) is 5.75 Å². The molecule has 102 valence electrons. The molecule has 4 nitrogen and oxygen atoms in total. The van der Waals surface area contributed by atoms with Crippen LogP contribution in [0, 0.1) is 0 Å². The van der Waals surface area contributed by atoms with E-state index < -0.39 is 0 Å². The maximum absolute atomic E-state index is 5.71. The Kier molecular flexibility index (Phi) is 3.54. The first-order chi connectivity index (χ1) is 9.83. The molecule has 0 aliphatic carbocycles. The summed E-state index contributed by atoms with van der Waals surface area (Å²) in [5, 5.41) is 5.57. The quantitative estimate of drug-likeness (QED) is 0.571. The van der Waals surface area contributed by atoms with Gasteiger partial charge in [-0.25, -0.2) is 0 Å². The summed E-state index contributed by atoms with van der Waals surface area (Å²) in [6.45, 7) is 1.49. The minimum Gasteiger partial charge on any atom is -0.493 e. The van der Waals surface area contributed by atoms with Crippen LogP contribution in [0.15, 0.2) is 54.7 Å². The summed E-state index contributed by atoms with van der Waals surface area (Å²) in [7, 11) is 0. The van der Waals surface area contributed by atoms with Crippen molar-refractivity contribution >= 4 is 16.6 Å². The van der Waals surface area contributed by atoms with Gasteiger partial charge in [-0.2, -0.15) is 5.10 Å². The molecule has 0 saturated carbocycles. The van der Waals surface area contributed by atoms with Gasteiger partial charge in [0.25, 0.3) is 0 Å². The standard InChI is InChI=1S/C16H17N3O/c17-14-6-3-7-15(11-14)20-10-4-9-19-16-8-2-1-5-13(16)12-18-19/h1-3,5-8,11-12H,4,9-10,17H2. The Labute approximate surface area is 117 Å². The molecule has 0 aliphatic rings. The third-order valence-corrected chi connectivity index (χ3v) is 3.19. The highest BCUT2D eigenvalue weighted by molar-refractivity contribution is 5.78. The predicted octanol–water partition coefficient (Wildman–Crippen LogP) is 3.09. The van der Waals surface area contributed by atoms with Gasteiger partial charge >= 0.3 is 0 Å². The molecule has 2 aromatic carbocycles. The van der Waals surface area contributed by atoms with Gasteiger partial charge in [-0.15, -0.1) is 0 Å². The first-order valence-corrected chi connectivity index (χ1v) is 6.72. The number of nitrogens with zero attached hydrogens (tertiary/aromatic N) is 2. The maximum atomic E-state index is 5.71. The third-order valence-electron chi connectivity index (χ3n) is 3.19. The number of anilines is 1. The minimum atomic E-state index is 0.650. The highest BCUT2D eigenvalue weighted by Gasteiger charge is 2.01. The van der Waals surface area contributed by atoms with Crippen LogP contribution in [0.5, 0.6) is 5.75 Å². The van der Waals surface area contributed by atoms with Crippen LogP contribution in [0.25, 0.3) is 10.9 Å². The molecular weight excluding hydrogens is 250 g/mol. The van der Waals surface area contributed by atoms with Crippen LogP contribution in [-0.4, -0.2) is 16.4 Å². The van der Waals surface area contributed by atoms with Gasteiger partial charge in [-0.05, 0) is 18.2 Å². The van der Waals surface area contributed by atoms with E-state index in [9.17, 15) is 0 Å². The second-order valence-corrected chi connectivity index (χ2v) is 4.70. The van der Waals surface area contributed by atoms with E-state index >= 15 is 0 Å². The van der Waals surface area contributed by atoms with E-state index in [0.717, 1.165) is 29.9 Å². The van der Waals surface area contributed by atoms with E-state index in [0.29, 0.717) is 6.61 Å². The molecule has 0 radical (unpaired) electrons. The van der Waals surface area contributed by atoms with Crippen LogP contribution in [-0.2, 0) is 6.54 Å². The van der Waals surface area contributed by atoms with Crippen molar-refractivity contribution in [3.8, 4) is 5.75 Å². The lowest BCUT2D eigenvalue weighted by Crippen LogP contribution is -2.05. The third kappa shape index (κ3) is 2.74. The number of nitrogens with two attached hydrogens (primary N) is 1. The Morgan fingerprint density at radius 2 is 2.00 bits per heavy atom. The van der Waals surface area contributed by atoms with Crippen molar-refractivity contribution < 1.29 is 4.74 Å². The van der Waals surface area contributed by atoms with Gasteiger partial charge < -0.3 is 10.5 Å². The van der Waals surface area contributed by atoms with E-state index in [2.05, 4.69) is 17.2 Å². The monoisotopic (exact) mass is 267 g/mol. The Morgan fingerprint density at radius 3 is 2.90 bits per heavy atom. The topological polar surface area (TPSA) is 53.1 Å². The van der Waals surface area contributed by atoms with Crippen LogP contribution in [0.2, 0.25) is 0 Å². The molecule has 1 heterocycles. The summed E-state index contributed by atoms with van der Waals surface area (Å²) >= 11 is 0. The fraction of sp³-hybridized carbons (Fsp3) is 0.188. The van der Waals surface area contributed by atoms with Crippen LogP contribution in [0.3, 0.4) is 0 Å².